The first-order valence-corrected chi connectivity index (χ1v) is 9.53. The summed E-state index contributed by atoms with van der Waals surface area (Å²) in [6, 6.07) is 20.1. The van der Waals surface area contributed by atoms with E-state index < -0.39 is 5.54 Å². The quantitative estimate of drug-likeness (QED) is 0.668. The van der Waals surface area contributed by atoms with E-state index in [4.69, 9.17) is 4.74 Å². The number of amides is 1. The third-order valence-corrected chi connectivity index (χ3v) is 5.20. The van der Waals surface area contributed by atoms with Gasteiger partial charge in [0.15, 0.2) is 0 Å². The summed E-state index contributed by atoms with van der Waals surface area (Å²) in [4.78, 5) is 12.6. The first-order chi connectivity index (χ1) is 13.2. The normalized spacial score (nSPS) is 17.2. The molecule has 1 aliphatic rings. The molecule has 27 heavy (non-hydrogen) atoms. The van der Waals surface area contributed by atoms with Crippen molar-refractivity contribution in [2.24, 2.45) is 0 Å². The smallest absolute Gasteiger partial charge is 0.234 e. The number of rotatable bonds is 8. The molecular weight excluding hydrogens is 340 g/mol. The summed E-state index contributed by atoms with van der Waals surface area (Å²) in [5.74, 6) is -0.0703. The number of carbonyl (C=O) groups excluding carboxylic acids is 1. The van der Waals surface area contributed by atoms with Crippen LogP contribution in [0.5, 0.6) is 0 Å². The van der Waals surface area contributed by atoms with E-state index in [1.54, 1.807) is 0 Å². The topological polar surface area (TPSA) is 70.6 Å². The molecule has 0 spiro atoms. The van der Waals surface area contributed by atoms with Crippen LogP contribution in [0, 0.1) is 0 Å². The fraction of sp³-hybridized carbons (Fsp3) is 0.409. The maximum absolute atomic E-state index is 12.6. The van der Waals surface area contributed by atoms with Gasteiger partial charge in [-0.1, -0.05) is 60.7 Å². The summed E-state index contributed by atoms with van der Waals surface area (Å²) < 4.78 is 5.37. The second kappa shape index (κ2) is 9.65. The molecule has 5 heteroatoms. The first-order valence-electron chi connectivity index (χ1n) is 9.53. The van der Waals surface area contributed by atoms with Gasteiger partial charge in [0.2, 0.25) is 5.91 Å². The molecule has 1 saturated heterocycles. The molecule has 3 N–H and O–H groups in total. The molecule has 0 unspecified atom stereocenters. The van der Waals surface area contributed by atoms with Gasteiger partial charge >= 0.3 is 0 Å². The number of benzene rings is 2. The van der Waals surface area contributed by atoms with E-state index in [0.29, 0.717) is 26.1 Å². The summed E-state index contributed by atoms with van der Waals surface area (Å²) >= 11 is 0. The van der Waals surface area contributed by atoms with Gasteiger partial charge in [-0.05, 0) is 30.4 Å². The number of nitrogens with one attached hydrogen (secondary N) is 2. The van der Waals surface area contributed by atoms with Crippen molar-refractivity contribution in [2.45, 2.75) is 30.8 Å². The van der Waals surface area contributed by atoms with Crippen LogP contribution in [0.25, 0.3) is 0 Å². The van der Waals surface area contributed by atoms with Gasteiger partial charge in [-0.2, -0.15) is 0 Å². The van der Waals surface area contributed by atoms with E-state index in [2.05, 4.69) is 22.8 Å². The van der Waals surface area contributed by atoms with Crippen molar-refractivity contribution >= 4 is 5.91 Å². The number of aliphatic hydroxyl groups is 1. The van der Waals surface area contributed by atoms with Crippen molar-refractivity contribution in [2.75, 3.05) is 26.4 Å². The van der Waals surface area contributed by atoms with Gasteiger partial charge in [0.25, 0.3) is 0 Å². The van der Waals surface area contributed by atoms with Crippen LogP contribution in [0.3, 0.4) is 0 Å². The standard InChI is InChI=1S/C22H28N2O3/c25-17-22(11-13-27-14-12-22)23-16-21(26)24-20(19-9-5-2-6-10-19)15-18-7-3-1-4-8-18/h1-10,20,23,25H,11-17H2,(H,24,26)/t20-/m0/s1. The minimum absolute atomic E-state index is 0.00969. The number of carbonyl (C=O) groups is 1. The Balaban J connectivity index is 1.63. The van der Waals surface area contributed by atoms with Crippen LogP contribution in [0.2, 0.25) is 0 Å². The van der Waals surface area contributed by atoms with Crippen molar-refractivity contribution in [1.29, 1.82) is 0 Å². The second-order valence-electron chi connectivity index (χ2n) is 7.12. The number of aliphatic hydroxyl groups excluding tert-OH is 1. The Bertz CT molecular complexity index is 700. The van der Waals surface area contributed by atoms with E-state index >= 15 is 0 Å². The number of hydrogen-bond donors (Lipinski definition) is 3. The molecule has 1 atom stereocenters. The lowest BCUT2D eigenvalue weighted by molar-refractivity contribution is -0.121. The van der Waals surface area contributed by atoms with Crippen LogP contribution in [0.1, 0.15) is 30.0 Å². The third kappa shape index (κ3) is 5.63. The maximum atomic E-state index is 12.6. The number of hydrogen-bond acceptors (Lipinski definition) is 4. The monoisotopic (exact) mass is 368 g/mol. The molecular formula is C22H28N2O3. The predicted molar refractivity (Wildman–Crippen MR) is 105 cm³/mol. The molecule has 0 aromatic heterocycles. The van der Waals surface area contributed by atoms with Crippen LogP contribution in [-0.2, 0) is 16.0 Å². The van der Waals surface area contributed by atoms with Crippen molar-refractivity contribution in [1.82, 2.24) is 10.6 Å². The summed E-state index contributed by atoms with van der Waals surface area (Å²) in [7, 11) is 0. The Labute approximate surface area is 160 Å². The van der Waals surface area contributed by atoms with Gasteiger partial charge in [0, 0.05) is 18.8 Å². The summed E-state index contributed by atoms with van der Waals surface area (Å²) in [6.45, 7) is 1.40. The molecule has 1 amide bonds. The fourth-order valence-corrected chi connectivity index (χ4v) is 3.45. The molecule has 3 rings (SSSR count). The molecule has 1 fully saturated rings. The van der Waals surface area contributed by atoms with Crippen LogP contribution in [0.15, 0.2) is 60.7 Å². The third-order valence-electron chi connectivity index (χ3n) is 5.20. The van der Waals surface area contributed by atoms with Gasteiger partial charge in [0.05, 0.1) is 19.2 Å². The highest BCUT2D eigenvalue weighted by atomic mass is 16.5. The highest BCUT2D eigenvalue weighted by molar-refractivity contribution is 5.78. The fourth-order valence-electron chi connectivity index (χ4n) is 3.45. The van der Waals surface area contributed by atoms with Gasteiger partial charge in [0.1, 0.15) is 0 Å². The maximum Gasteiger partial charge on any atom is 0.234 e. The van der Waals surface area contributed by atoms with Crippen molar-refractivity contribution < 1.29 is 14.6 Å². The molecule has 1 aliphatic heterocycles. The predicted octanol–water partition coefficient (Wildman–Crippen LogP) is 2.22. The van der Waals surface area contributed by atoms with E-state index in [1.807, 2.05) is 48.5 Å². The Morgan fingerprint density at radius 3 is 2.30 bits per heavy atom. The minimum atomic E-state index is -0.419. The van der Waals surface area contributed by atoms with E-state index in [9.17, 15) is 9.90 Å². The van der Waals surface area contributed by atoms with Crippen molar-refractivity contribution in [3.8, 4) is 0 Å². The molecule has 2 aromatic rings. The van der Waals surface area contributed by atoms with Crippen molar-refractivity contribution in [3.63, 3.8) is 0 Å². The highest BCUT2D eigenvalue weighted by Crippen LogP contribution is 2.20. The molecule has 0 radical (unpaired) electrons. The van der Waals surface area contributed by atoms with Crippen LogP contribution in [0.4, 0.5) is 0 Å². The molecule has 2 aromatic carbocycles. The first kappa shape index (κ1) is 19.5. The molecule has 0 aliphatic carbocycles. The highest BCUT2D eigenvalue weighted by Gasteiger charge is 2.32. The minimum Gasteiger partial charge on any atom is -0.394 e. The lowest BCUT2D eigenvalue weighted by atomic mass is 9.91. The second-order valence-corrected chi connectivity index (χ2v) is 7.12. The Kier molecular flexibility index (Phi) is 6.98. The molecule has 1 heterocycles. The van der Waals surface area contributed by atoms with Gasteiger partial charge in [-0.3, -0.25) is 4.79 Å². The van der Waals surface area contributed by atoms with Gasteiger partial charge in [-0.15, -0.1) is 0 Å². The Morgan fingerprint density at radius 2 is 1.67 bits per heavy atom. The molecule has 0 saturated carbocycles. The average molecular weight is 368 g/mol. The van der Waals surface area contributed by atoms with Crippen LogP contribution < -0.4 is 10.6 Å². The Hall–Kier alpha value is -2.21. The average Bonchev–Trinajstić information content (AvgIpc) is 2.74. The zero-order chi connectivity index (χ0) is 19.0. The molecule has 0 bridgehead atoms. The largest absolute Gasteiger partial charge is 0.394 e. The van der Waals surface area contributed by atoms with Gasteiger partial charge < -0.3 is 20.5 Å². The molecule has 5 nitrogen and oxygen atoms in total. The van der Waals surface area contributed by atoms with Gasteiger partial charge in [-0.25, -0.2) is 0 Å². The van der Waals surface area contributed by atoms with Crippen molar-refractivity contribution in [3.05, 3.63) is 71.8 Å². The SMILES string of the molecule is O=C(CNC1(CO)CCOCC1)N[C@@H](Cc1ccccc1)c1ccccc1. The Morgan fingerprint density at radius 1 is 1.04 bits per heavy atom. The summed E-state index contributed by atoms with van der Waals surface area (Å²) in [6.07, 6.45) is 2.15. The molecule has 144 valence electrons. The van der Waals surface area contributed by atoms with Crippen LogP contribution >= 0.6 is 0 Å². The summed E-state index contributed by atoms with van der Waals surface area (Å²) in [5.41, 5.74) is 1.84. The van der Waals surface area contributed by atoms with Crippen LogP contribution in [-0.4, -0.2) is 42.9 Å². The zero-order valence-electron chi connectivity index (χ0n) is 15.6. The zero-order valence-corrected chi connectivity index (χ0v) is 15.6. The lowest BCUT2D eigenvalue weighted by Crippen LogP contribution is -2.55. The lowest BCUT2D eigenvalue weighted by Gasteiger charge is -2.36. The van der Waals surface area contributed by atoms with E-state index in [-0.39, 0.29) is 25.1 Å². The van der Waals surface area contributed by atoms with E-state index in [0.717, 1.165) is 12.0 Å². The summed E-state index contributed by atoms with van der Waals surface area (Å²) in [5, 5.41) is 16.2. The number of ether oxygens (including phenoxy) is 1. The van der Waals surface area contributed by atoms with E-state index in [1.165, 1.54) is 5.56 Å².